The third-order valence-corrected chi connectivity index (χ3v) is 2.53. The molecule has 3 nitrogen and oxygen atoms in total. The second-order valence-corrected chi connectivity index (χ2v) is 4.39. The molecule has 1 fully saturated rings. The van der Waals surface area contributed by atoms with Crippen LogP contribution in [0.15, 0.2) is 0 Å². The van der Waals surface area contributed by atoms with Gasteiger partial charge in [-0.1, -0.05) is 13.8 Å². The van der Waals surface area contributed by atoms with E-state index in [9.17, 15) is 4.79 Å². The van der Waals surface area contributed by atoms with E-state index in [1.165, 1.54) is 0 Å². The number of likely N-dealkylation sites (tertiary alicyclic amines) is 1. The number of nitrogens with zero attached hydrogens (tertiary/aromatic N) is 1. The first-order valence-corrected chi connectivity index (χ1v) is 4.44. The Balaban J connectivity index is 2.85. The van der Waals surface area contributed by atoms with Gasteiger partial charge < -0.3 is 10.6 Å². The van der Waals surface area contributed by atoms with Gasteiger partial charge in [0.25, 0.3) is 0 Å². The van der Waals surface area contributed by atoms with Gasteiger partial charge in [-0.05, 0) is 20.3 Å². The number of rotatable bonds is 1. The van der Waals surface area contributed by atoms with Crippen LogP contribution >= 0.6 is 0 Å². The SMILES string of the molecule is CC(N)N1C(=O)C(C)(C)CC1C. The highest BCUT2D eigenvalue weighted by atomic mass is 16.2. The molecule has 0 aromatic heterocycles. The topological polar surface area (TPSA) is 46.3 Å². The lowest BCUT2D eigenvalue weighted by molar-refractivity contribution is -0.137. The van der Waals surface area contributed by atoms with Crippen molar-refractivity contribution in [2.45, 2.75) is 46.3 Å². The van der Waals surface area contributed by atoms with Gasteiger partial charge in [-0.2, -0.15) is 0 Å². The van der Waals surface area contributed by atoms with Gasteiger partial charge in [-0.15, -0.1) is 0 Å². The largest absolute Gasteiger partial charge is 0.324 e. The fraction of sp³-hybridized carbons (Fsp3) is 0.889. The Morgan fingerprint density at radius 2 is 2.17 bits per heavy atom. The van der Waals surface area contributed by atoms with E-state index in [-0.39, 0.29) is 23.5 Å². The zero-order valence-electron chi connectivity index (χ0n) is 8.29. The molecule has 0 bridgehead atoms. The molecule has 2 atom stereocenters. The average Bonchev–Trinajstić information content (AvgIpc) is 2.02. The van der Waals surface area contributed by atoms with Crippen molar-refractivity contribution in [3.8, 4) is 0 Å². The molecular weight excluding hydrogens is 152 g/mol. The summed E-state index contributed by atoms with van der Waals surface area (Å²) in [5.74, 6) is 0.185. The highest BCUT2D eigenvalue weighted by Crippen LogP contribution is 2.35. The van der Waals surface area contributed by atoms with E-state index in [2.05, 4.69) is 6.92 Å². The van der Waals surface area contributed by atoms with Gasteiger partial charge in [0, 0.05) is 11.5 Å². The quantitative estimate of drug-likeness (QED) is 0.636. The maximum absolute atomic E-state index is 11.7. The summed E-state index contributed by atoms with van der Waals surface area (Å²) in [6.45, 7) is 7.87. The molecule has 3 heteroatoms. The zero-order valence-corrected chi connectivity index (χ0v) is 8.29. The second-order valence-electron chi connectivity index (χ2n) is 4.39. The Bertz CT molecular complexity index is 199. The molecule has 1 saturated heterocycles. The van der Waals surface area contributed by atoms with E-state index >= 15 is 0 Å². The molecule has 0 spiro atoms. The summed E-state index contributed by atoms with van der Waals surface area (Å²) < 4.78 is 0. The molecule has 1 amide bonds. The van der Waals surface area contributed by atoms with Crippen LogP contribution in [0.4, 0.5) is 0 Å². The summed E-state index contributed by atoms with van der Waals surface area (Å²) in [5.41, 5.74) is 5.49. The molecule has 1 heterocycles. The van der Waals surface area contributed by atoms with E-state index in [4.69, 9.17) is 5.73 Å². The monoisotopic (exact) mass is 170 g/mol. The fourth-order valence-electron chi connectivity index (χ4n) is 2.06. The van der Waals surface area contributed by atoms with Crippen LogP contribution in [0.5, 0.6) is 0 Å². The predicted octanol–water partition coefficient (Wildman–Crippen LogP) is 0.938. The number of carbonyl (C=O) groups excluding carboxylic acids is 1. The van der Waals surface area contributed by atoms with Crippen LogP contribution in [0.3, 0.4) is 0 Å². The second kappa shape index (κ2) is 2.73. The normalized spacial score (nSPS) is 30.9. The Labute approximate surface area is 73.9 Å². The van der Waals surface area contributed by atoms with Crippen LogP contribution in [-0.2, 0) is 4.79 Å². The molecule has 0 radical (unpaired) electrons. The average molecular weight is 170 g/mol. The lowest BCUT2D eigenvalue weighted by atomic mass is 9.90. The summed E-state index contributed by atoms with van der Waals surface area (Å²) in [4.78, 5) is 13.5. The van der Waals surface area contributed by atoms with Gasteiger partial charge >= 0.3 is 0 Å². The van der Waals surface area contributed by atoms with Gasteiger partial charge in [0.1, 0.15) is 0 Å². The van der Waals surface area contributed by atoms with Crippen molar-refractivity contribution in [1.29, 1.82) is 0 Å². The van der Waals surface area contributed by atoms with Crippen LogP contribution in [0.2, 0.25) is 0 Å². The van der Waals surface area contributed by atoms with Crippen molar-refractivity contribution in [3.05, 3.63) is 0 Å². The van der Waals surface area contributed by atoms with Crippen LogP contribution < -0.4 is 5.73 Å². The van der Waals surface area contributed by atoms with E-state index in [0.717, 1.165) is 6.42 Å². The summed E-state index contributed by atoms with van der Waals surface area (Å²) in [5, 5.41) is 0. The van der Waals surface area contributed by atoms with Crippen molar-refractivity contribution in [1.82, 2.24) is 4.90 Å². The molecule has 12 heavy (non-hydrogen) atoms. The van der Waals surface area contributed by atoms with Crippen molar-refractivity contribution in [2.24, 2.45) is 11.1 Å². The maximum atomic E-state index is 11.7. The van der Waals surface area contributed by atoms with Crippen molar-refractivity contribution >= 4 is 5.91 Å². The lowest BCUT2D eigenvalue weighted by Gasteiger charge is -2.26. The van der Waals surface area contributed by atoms with Gasteiger partial charge in [0.15, 0.2) is 0 Å². The molecule has 2 N–H and O–H groups in total. The van der Waals surface area contributed by atoms with Crippen LogP contribution in [-0.4, -0.2) is 23.0 Å². The lowest BCUT2D eigenvalue weighted by Crippen LogP contribution is -2.45. The summed E-state index contributed by atoms with van der Waals surface area (Å²) in [6, 6.07) is 0.285. The molecule has 0 saturated carbocycles. The molecule has 0 aliphatic carbocycles. The smallest absolute Gasteiger partial charge is 0.229 e. The van der Waals surface area contributed by atoms with Gasteiger partial charge in [-0.25, -0.2) is 0 Å². The van der Waals surface area contributed by atoms with Gasteiger partial charge in [-0.3, -0.25) is 4.79 Å². The molecule has 1 aliphatic rings. The van der Waals surface area contributed by atoms with Crippen LogP contribution in [0.25, 0.3) is 0 Å². The number of amides is 1. The third-order valence-electron chi connectivity index (χ3n) is 2.53. The molecular formula is C9H18N2O. The highest BCUT2D eigenvalue weighted by Gasteiger charge is 2.44. The minimum atomic E-state index is -0.215. The first kappa shape index (κ1) is 9.52. The molecule has 1 aliphatic heterocycles. The Morgan fingerprint density at radius 3 is 2.33 bits per heavy atom. The van der Waals surface area contributed by atoms with E-state index in [0.29, 0.717) is 0 Å². The van der Waals surface area contributed by atoms with Crippen LogP contribution in [0.1, 0.15) is 34.1 Å². The third kappa shape index (κ3) is 1.33. The highest BCUT2D eigenvalue weighted by molar-refractivity contribution is 5.84. The standard InChI is InChI=1S/C9H18N2O/c1-6-5-9(3,4)8(12)11(6)7(2)10/h6-7H,5,10H2,1-4H3. The van der Waals surface area contributed by atoms with Crippen molar-refractivity contribution in [3.63, 3.8) is 0 Å². The van der Waals surface area contributed by atoms with Gasteiger partial charge in [0.05, 0.1) is 6.17 Å². The molecule has 2 unspecified atom stereocenters. The minimum Gasteiger partial charge on any atom is -0.324 e. The van der Waals surface area contributed by atoms with Crippen molar-refractivity contribution in [2.75, 3.05) is 0 Å². The molecule has 0 aromatic carbocycles. The van der Waals surface area contributed by atoms with Crippen LogP contribution in [0, 0.1) is 5.41 Å². The number of nitrogens with two attached hydrogens (primary N) is 1. The number of hydrogen-bond acceptors (Lipinski definition) is 2. The van der Waals surface area contributed by atoms with Gasteiger partial charge in [0.2, 0.25) is 5.91 Å². The minimum absolute atomic E-state index is 0.158. The van der Waals surface area contributed by atoms with E-state index in [1.54, 1.807) is 4.90 Å². The molecule has 0 aromatic rings. The van der Waals surface area contributed by atoms with E-state index < -0.39 is 0 Å². The summed E-state index contributed by atoms with van der Waals surface area (Å²) in [6.07, 6.45) is 0.752. The molecule has 70 valence electrons. The zero-order chi connectivity index (χ0) is 9.52. The Kier molecular flexibility index (Phi) is 2.17. The summed E-state index contributed by atoms with van der Waals surface area (Å²) in [7, 11) is 0. The first-order chi connectivity index (χ1) is 5.36. The number of hydrogen-bond donors (Lipinski definition) is 1. The van der Waals surface area contributed by atoms with Crippen molar-refractivity contribution < 1.29 is 4.79 Å². The van der Waals surface area contributed by atoms with E-state index in [1.807, 2.05) is 20.8 Å². The Morgan fingerprint density at radius 1 is 1.67 bits per heavy atom. The number of carbonyl (C=O) groups is 1. The molecule has 1 rings (SSSR count). The first-order valence-electron chi connectivity index (χ1n) is 4.44. The summed E-state index contributed by atoms with van der Waals surface area (Å²) >= 11 is 0. The maximum Gasteiger partial charge on any atom is 0.229 e. The fourth-order valence-corrected chi connectivity index (χ4v) is 2.06. The predicted molar refractivity (Wildman–Crippen MR) is 48.4 cm³/mol. The Hall–Kier alpha value is -0.570.